The first-order valence-electron chi connectivity index (χ1n) is 10.5. The average Bonchev–Trinajstić information content (AvgIpc) is 3.34. The zero-order valence-corrected chi connectivity index (χ0v) is 18.4. The molecule has 1 spiro atoms. The highest BCUT2D eigenvalue weighted by molar-refractivity contribution is 7.09. The summed E-state index contributed by atoms with van der Waals surface area (Å²) in [6.07, 6.45) is 5.66. The summed E-state index contributed by atoms with van der Waals surface area (Å²) < 4.78 is 1.80. The van der Waals surface area contributed by atoms with Gasteiger partial charge < -0.3 is 14.6 Å². The maximum Gasteiger partial charge on any atom is 0.274 e. The molecule has 2 aromatic heterocycles. The number of aromatic nitrogens is 3. The van der Waals surface area contributed by atoms with Crippen molar-refractivity contribution in [2.24, 2.45) is 12.5 Å². The predicted octanol–water partition coefficient (Wildman–Crippen LogP) is 2.49. The Morgan fingerprint density at radius 1 is 1.38 bits per heavy atom. The van der Waals surface area contributed by atoms with Crippen molar-refractivity contribution in [2.45, 2.75) is 51.7 Å². The van der Waals surface area contributed by atoms with E-state index in [1.807, 2.05) is 11.9 Å². The van der Waals surface area contributed by atoms with Crippen molar-refractivity contribution in [3.63, 3.8) is 0 Å². The van der Waals surface area contributed by atoms with E-state index in [2.05, 4.69) is 29.1 Å². The molecule has 0 unspecified atom stereocenters. The molecule has 2 aromatic rings. The van der Waals surface area contributed by atoms with Crippen LogP contribution in [0, 0.1) is 5.41 Å². The van der Waals surface area contributed by atoms with Crippen LogP contribution in [0.3, 0.4) is 0 Å². The van der Waals surface area contributed by atoms with Gasteiger partial charge in [-0.3, -0.25) is 9.69 Å². The Morgan fingerprint density at radius 3 is 2.90 bits per heavy atom. The van der Waals surface area contributed by atoms with Crippen LogP contribution in [-0.4, -0.2) is 67.6 Å². The molecule has 2 atom stereocenters. The van der Waals surface area contributed by atoms with Crippen LogP contribution in [0.1, 0.15) is 60.2 Å². The van der Waals surface area contributed by atoms with Gasteiger partial charge in [0.1, 0.15) is 10.7 Å². The lowest BCUT2D eigenvalue weighted by Crippen LogP contribution is -2.59. The quantitative estimate of drug-likeness (QED) is 0.827. The number of imidazole rings is 1. The summed E-state index contributed by atoms with van der Waals surface area (Å²) in [5, 5.41) is 14.2. The first kappa shape index (κ1) is 20.5. The Kier molecular flexibility index (Phi) is 5.77. The summed E-state index contributed by atoms with van der Waals surface area (Å²) >= 11 is 1.72. The van der Waals surface area contributed by atoms with Gasteiger partial charge in [-0.2, -0.15) is 0 Å². The van der Waals surface area contributed by atoms with Crippen molar-refractivity contribution < 1.29 is 9.90 Å². The number of aliphatic hydroxyl groups excluding tert-OH is 1. The maximum absolute atomic E-state index is 12.9. The van der Waals surface area contributed by atoms with Crippen molar-refractivity contribution >= 4 is 17.2 Å². The molecule has 158 valence electrons. The molecule has 8 heteroatoms. The fourth-order valence-electron chi connectivity index (χ4n) is 4.65. The molecule has 0 aromatic carbocycles. The van der Waals surface area contributed by atoms with Crippen molar-refractivity contribution in [1.82, 2.24) is 24.3 Å². The Bertz CT molecular complexity index is 863. The van der Waals surface area contributed by atoms with Crippen molar-refractivity contribution in [3.8, 4) is 0 Å². The largest absolute Gasteiger partial charge is 0.392 e. The number of amides is 1. The van der Waals surface area contributed by atoms with Crippen molar-refractivity contribution in [1.29, 1.82) is 0 Å². The number of carbonyl (C=O) groups excluding carboxylic acids is 1. The van der Waals surface area contributed by atoms with Crippen LogP contribution < -0.4 is 0 Å². The number of aliphatic hydroxyl groups is 1. The maximum atomic E-state index is 12.9. The molecule has 2 aliphatic rings. The van der Waals surface area contributed by atoms with Gasteiger partial charge in [0.25, 0.3) is 5.91 Å². The van der Waals surface area contributed by atoms with Crippen LogP contribution in [-0.2, 0) is 13.6 Å². The molecule has 1 amide bonds. The number of hydrogen-bond donors (Lipinski definition) is 1. The van der Waals surface area contributed by atoms with Gasteiger partial charge in [-0.15, -0.1) is 11.3 Å². The van der Waals surface area contributed by atoms with Gasteiger partial charge in [-0.05, 0) is 25.2 Å². The molecule has 7 nitrogen and oxygen atoms in total. The molecule has 2 aliphatic heterocycles. The summed E-state index contributed by atoms with van der Waals surface area (Å²) in [5.41, 5.74) is 1.37. The number of likely N-dealkylation sites (tertiary alicyclic amines) is 2. The van der Waals surface area contributed by atoms with Crippen LogP contribution in [0.4, 0.5) is 0 Å². The number of aryl methyl sites for hydroxylation is 1. The minimum atomic E-state index is -0.374. The lowest BCUT2D eigenvalue weighted by molar-refractivity contribution is -0.0806. The van der Waals surface area contributed by atoms with E-state index in [-0.39, 0.29) is 17.4 Å². The average molecular weight is 418 g/mol. The minimum Gasteiger partial charge on any atom is -0.392 e. The smallest absolute Gasteiger partial charge is 0.274 e. The number of thiazole rings is 1. The van der Waals surface area contributed by atoms with Gasteiger partial charge in [-0.1, -0.05) is 13.8 Å². The molecule has 4 heterocycles. The minimum absolute atomic E-state index is 0.0319. The van der Waals surface area contributed by atoms with E-state index < -0.39 is 0 Å². The van der Waals surface area contributed by atoms with Crippen LogP contribution in [0.2, 0.25) is 0 Å². The van der Waals surface area contributed by atoms with Gasteiger partial charge in [-0.25, -0.2) is 9.97 Å². The normalized spacial score (nSPS) is 25.8. The molecule has 0 saturated carbocycles. The molecule has 4 rings (SSSR count). The Hall–Kier alpha value is -1.77. The second-order valence-electron chi connectivity index (χ2n) is 8.95. The topological polar surface area (TPSA) is 74.5 Å². The van der Waals surface area contributed by atoms with Gasteiger partial charge >= 0.3 is 0 Å². The standard InChI is InChI=1S/C21H31N5O2S/c1-15(2)17-11-29-19(23-17)10-25-8-5-18(27)21(12-25)6-4-7-26(13-21)20(28)16-9-24(3)14-22-16/h9,11,14-15,18,27H,4-8,10,12-13H2,1-3H3/t18-,21-/m1/s1. The van der Waals surface area contributed by atoms with Crippen molar-refractivity contribution in [2.75, 3.05) is 26.2 Å². The summed E-state index contributed by atoms with van der Waals surface area (Å²) in [6, 6.07) is 0. The van der Waals surface area contributed by atoms with Crippen LogP contribution in [0.15, 0.2) is 17.9 Å². The third-order valence-corrected chi connectivity index (χ3v) is 7.16. The second kappa shape index (κ2) is 8.16. The van der Waals surface area contributed by atoms with Crippen LogP contribution in [0.25, 0.3) is 0 Å². The zero-order chi connectivity index (χ0) is 20.6. The van der Waals surface area contributed by atoms with Gasteiger partial charge in [0.15, 0.2) is 0 Å². The summed E-state index contributed by atoms with van der Waals surface area (Å²) in [4.78, 5) is 26.2. The fourth-order valence-corrected chi connectivity index (χ4v) is 5.65. The first-order chi connectivity index (χ1) is 13.9. The van der Waals surface area contributed by atoms with E-state index in [4.69, 9.17) is 4.98 Å². The van der Waals surface area contributed by atoms with Crippen LogP contribution >= 0.6 is 11.3 Å². The predicted molar refractivity (Wildman–Crippen MR) is 113 cm³/mol. The van der Waals surface area contributed by atoms with Crippen molar-refractivity contribution in [3.05, 3.63) is 34.3 Å². The van der Waals surface area contributed by atoms with E-state index in [9.17, 15) is 9.90 Å². The molecule has 0 bridgehead atoms. The van der Waals surface area contributed by atoms with Gasteiger partial charge in [0, 0.05) is 50.2 Å². The second-order valence-corrected chi connectivity index (χ2v) is 9.90. The highest BCUT2D eigenvalue weighted by Gasteiger charge is 2.46. The molecular weight excluding hydrogens is 386 g/mol. The number of nitrogens with zero attached hydrogens (tertiary/aromatic N) is 5. The third kappa shape index (κ3) is 4.25. The molecular formula is C21H31N5O2S. The molecule has 29 heavy (non-hydrogen) atoms. The fraction of sp³-hybridized carbons (Fsp3) is 0.667. The molecule has 0 radical (unpaired) electrons. The Morgan fingerprint density at radius 2 is 2.21 bits per heavy atom. The highest BCUT2D eigenvalue weighted by Crippen LogP contribution is 2.39. The summed E-state index contributed by atoms with van der Waals surface area (Å²) in [7, 11) is 1.87. The number of rotatable bonds is 4. The van der Waals surface area contributed by atoms with E-state index in [0.29, 0.717) is 18.2 Å². The lowest BCUT2D eigenvalue weighted by atomic mass is 9.71. The van der Waals surface area contributed by atoms with E-state index in [1.165, 1.54) is 0 Å². The van der Waals surface area contributed by atoms with Gasteiger partial charge in [0.05, 0.1) is 24.7 Å². The molecule has 2 saturated heterocycles. The highest BCUT2D eigenvalue weighted by atomic mass is 32.1. The van der Waals surface area contributed by atoms with Gasteiger partial charge in [0.2, 0.25) is 0 Å². The number of piperidine rings is 2. The number of carbonyl (C=O) groups is 1. The molecule has 0 aliphatic carbocycles. The summed E-state index contributed by atoms with van der Waals surface area (Å²) in [5.74, 6) is 0.412. The Balaban J connectivity index is 1.46. The van der Waals surface area contributed by atoms with E-state index in [1.54, 1.807) is 28.4 Å². The lowest BCUT2D eigenvalue weighted by Gasteiger charge is -2.50. The monoisotopic (exact) mass is 417 g/mol. The molecule has 2 fully saturated rings. The Labute approximate surface area is 176 Å². The SMILES string of the molecule is CC(C)c1csc(CN2CC[C@@H](O)[C@]3(CCCN(C(=O)c4cn(C)cn4)C3)C2)n1. The number of hydrogen-bond acceptors (Lipinski definition) is 6. The van der Waals surface area contributed by atoms with Crippen LogP contribution in [0.5, 0.6) is 0 Å². The summed E-state index contributed by atoms with van der Waals surface area (Å²) in [6.45, 7) is 8.15. The van der Waals surface area contributed by atoms with E-state index >= 15 is 0 Å². The first-order valence-corrected chi connectivity index (χ1v) is 11.4. The third-order valence-electron chi connectivity index (χ3n) is 6.30. The molecule has 1 N–H and O–H groups in total. The zero-order valence-electron chi connectivity index (χ0n) is 17.5. The van der Waals surface area contributed by atoms with E-state index in [0.717, 1.165) is 56.1 Å².